The van der Waals surface area contributed by atoms with Gasteiger partial charge in [-0.05, 0) is 0 Å². The van der Waals surface area contributed by atoms with Crippen molar-refractivity contribution in [3.63, 3.8) is 0 Å². The summed E-state index contributed by atoms with van der Waals surface area (Å²) in [4.78, 5) is 3.95. The summed E-state index contributed by atoms with van der Waals surface area (Å²) in [7, 11) is 0. The maximum atomic E-state index is 4.98. The van der Waals surface area contributed by atoms with E-state index in [1.54, 1.807) is 12.5 Å². The van der Waals surface area contributed by atoms with Crippen LogP contribution in [-0.2, 0) is 0 Å². The van der Waals surface area contributed by atoms with E-state index in [1.807, 2.05) is 27.7 Å². The van der Waals surface area contributed by atoms with Crippen LogP contribution < -0.4 is 0 Å². The van der Waals surface area contributed by atoms with Gasteiger partial charge in [-0.1, -0.05) is 27.7 Å². The summed E-state index contributed by atoms with van der Waals surface area (Å²) in [6.07, 6.45) is 3.25. The summed E-state index contributed by atoms with van der Waals surface area (Å²) in [6.45, 7) is 8.09. The smallest absolute Gasteiger partial charge is 0.196 e. The normalized spacial score (nSPS) is 8.90. The lowest BCUT2D eigenvalue weighted by Crippen LogP contribution is -1.83. The molecule has 0 radical (unpaired) electrons. The topological polar surface area (TPSA) is 26.0 Å². The highest BCUT2D eigenvalue weighted by molar-refractivity contribution is 4.85. The third-order valence-corrected chi connectivity index (χ3v) is 0.945. The van der Waals surface area contributed by atoms with Gasteiger partial charge in [-0.15, -0.1) is 0 Å². The van der Waals surface area contributed by atoms with Crippen molar-refractivity contribution in [3.8, 4) is 0 Å². The van der Waals surface area contributed by atoms with Gasteiger partial charge in [0.25, 0.3) is 0 Å². The van der Waals surface area contributed by atoms with Gasteiger partial charge in [-0.3, -0.25) is 0 Å². The fourth-order valence-corrected chi connectivity index (χ4v) is 0.520. The molecule has 0 spiro atoms. The van der Waals surface area contributed by atoms with Crippen molar-refractivity contribution in [1.29, 1.82) is 0 Å². The number of rotatable bonds is 1. The second kappa shape index (κ2) is 5.03. The maximum absolute atomic E-state index is 4.98. The molecule has 1 rings (SSSR count). The van der Waals surface area contributed by atoms with Gasteiger partial charge in [0, 0.05) is 5.92 Å². The molecule has 1 heterocycles. The fourth-order valence-electron chi connectivity index (χ4n) is 0.520. The molecule has 0 saturated carbocycles. The standard InChI is InChI=1S/C6H9NO.C2H6/c1-5(2)6-7-3-4-8-6;1-2/h3-5H,1-2H3;1-2H3. The molecule has 0 aliphatic rings. The van der Waals surface area contributed by atoms with Crippen LogP contribution in [0.4, 0.5) is 0 Å². The van der Waals surface area contributed by atoms with E-state index in [4.69, 9.17) is 4.42 Å². The predicted octanol–water partition coefficient (Wildman–Crippen LogP) is 2.82. The summed E-state index contributed by atoms with van der Waals surface area (Å²) in [6, 6.07) is 0. The van der Waals surface area contributed by atoms with Crippen LogP contribution in [0.3, 0.4) is 0 Å². The SMILES string of the molecule is CC.CC(C)c1ncco1. The van der Waals surface area contributed by atoms with E-state index in [1.165, 1.54) is 0 Å². The molecule has 58 valence electrons. The second-order valence-corrected chi connectivity index (χ2v) is 2.03. The number of hydrogen-bond donors (Lipinski definition) is 0. The first kappa shape index (κ1) is 9.21. The minimum atomic E-state index is 0.407. The molecule has 0 unspecified atom stereocenters. The summed E-state index contributed by atoms with van der Waals surface area (Å²) in [5, 5.41) is 0. The molecule has 0 atom stereocenters. The summed E-state index contributed by atoms with van der Waals surface area (Å²) in [5.41, 5.74) is 0. The lowest BCUT2D eigenvalue weighted by Gasteiger charge is -1.92. The minimum Gasteiger partial charge on any atom is -0.449 e. The fraction of sp³-hybridized carbons (Fsp3) is 0.625. The van der Waals surface area contributed by atoms with E-state index in [0.29, 0.717) is 5.92 Å². The van der Waals surface area contributed by atoms with E-state index in [9.17, 15) is 0 Å². The summed E-state index contributed by atoms with van der Waals surface area (Å²) < 4.78 is 4.98. The van der Waals surface area contributed by atoms with Crippen molar-refractivity contribution in [1.82, 2.24) is 4.98 Å². The zero-order valence-electron chi connectivity index (χ0n) is 7.09. The Labute approximate surface area is 62.3 Å². The molecule has 0 amide bonds. The van der Waals surface area contributed by atoms with E-state index in [-0.39, 0.29) is 0 Å². The Hall–Kier alpha value is -0.790. The molecule has 0 bridgehead atoms. The summed E-state index contributed by atoms with van der Waals surface area (Å²) in [5.74, 6) is 1.22. The van der Waals surface area contributed by atoms with Crippen LogP contribution in [0.25, 0.3) is 0 Å². The van der Waals surface area contributed by atoms with E-state index >= 15 is 0 Å². The molecule has 0 fully saturated rings. The lowest BCUT2D eigenvalue weighted by molar-refractivity contribution is 0.471. The van der Waals surface area contributed by atoms with Crippen LogP contribution in [-0.4, -0.2) is 4.98 Å². The molecule has 2 nitrogen and oxygen atoms in total. The predicted molar refractivity (Wildman–Crippen MR) is 41.9 cm³/mol. The van der Waals surface area contributed by atoms with Crippen LogP contribution in [0.2, 0.25) is 0 Å². The molecule has 1 aromatic heterocycles. The van der Waals surface area contributed by atoms with Crippen LogP contribution in [0.1, 0.15) is 39.5 Å². The third kappa shape index (κ3) is 2.67. The van der Waals surface area contributed by atoms with E-state index < -0.39 is 0 Å². The van der Waals surface area contributed by atoms with E-state index in [2.05, 4.69) is 4.98 Å². The van der Waals surface area contributed by atoms with Gasteiger partial charge in [-0.25, -0.2) is 4.98 Å². The van der Waals surface area contributed by atoms with Gasteiger partial charge < -0.3 is 4.42 Å². The maximum Gasteiger partial charge on any atom is 0.196 e. The molecule has 0 aliphatic carbocycles. The number of nitrogens with zero attached hydrogens (tertiary/aromatic N) is 1. The Morgan fingerprint density at radius 3 is 2.20 bits per heavy atom. The van der Waals surface area contributed by atoms with Gasteiger partial charge >= 0.3 is 0 Å². The molecule has 2 heteroatoms. The number of aromatic nitrogens is 1. The molecule has 0 N–H and O–H groups in total. The number of hydrogen-bond acceptors (Lipinski definition) is 2. The molecule has 10 heavy (non-hydrogen) atoms. The Kier molecular flexibility index (Phi) is 4.63. The minimum absolute atomic E-state index is 0.407. The van der Waals surface area contributed by atoms with Crippen molar-refractivity contribution in [2.24, 2.45) is 0 Å². The molecular weight excluding hydrogens is 126 g/mol. The van der Waals surface area contributed by atoms with Crippen molar-refractivity contribution >= 4 is 0 Å². The van der Waals surface area contributed by atoms with Gasteiger partial charge in [0.15, 0.2) is 5.89 Å². The number of oxazole rings is 1. The third-order valence-electron chi connectivity index (χ3n) is 0.945. The Morgan fingerprint density at radius 2 is 2.00 bits per heavy atom. The van der Waals surface area contributed by atoms with Gasteiger partial charge in [-0.2, -0.15) is 0 Å². The van der Waals surface area contributed by atoms with Gasteiger partial charge in [0.05, 0.1) is 6.20 Å². The van der Waals surface area contributed by atoms with E-state index in [0.717, 1.165) is 5.89 Å². The molecule has 0 aliphatic heterocycles. The zero-order chi connectivity index (χ0) is 7.98. The average molecular weight is 141 g/mol. The first-order valence-corrected chi connectivity index (χ1v) is 3.70. The van der Waals surface area contributed by atoms with Crippen LogP contribution >= 0.6 is 0 Å². The lowest BCUT2D eigenvalue weighted by atomic mass is 10.2. The van der Waals surface area contributed by atoms with Crippen molar-refractivity contribution in [3.05, 3.63) is 18.4 Å². The molecule has 1 aromatic rings. The Morgan fingerprint density at radius 1 is 1.40 bits per heavy atom. The first-order chi connectivity index (χ1) is 4.80. The summed E-state index contributed by atoms with van der Waals surface area (Å²) >= 11 is 0. The van der Waals surface area contributed by atoms with Crippen LogP contribution in [0.15, 0.2) is 16.9 Å². The van der Waals surface area contributed by atoms with Crippen molar-refractivity contribution in [2.45, 2.75) is 33.6 Å². The average Bonchev–Trinajstić information content (AvgIpc) is 2.42. The zero-order valence-corrected chi connectivity index (χ0v) is 7.09. The van der Waals surface area contributed by atoms with Crippen LogP contribution in [0.5, 0.6) is 0 Å². The Balaban J connectivity index is 0.000000371. The van der Waals surface area contributed by atoms with Crippen LogP contribution in [0, 0.1) is 0 Å². The van der Waals surface area contributed by atoms with Gasteiger partial charge in [0.2, 0.25) is 0 Å². The Bertz CT molecular complexity index is 144. The van der Waals surface area contributed by atoms with Crippen molar-refractivity contribution < 1.29 is 4.42 Å². The molecule has 0 saturated heterocycles. The molecule has 0 aromatic carbocycles. The monoisotopic (exact) mass is 141 g/mol. The molecular formula is C8H15NO. The highest BCUT2D eigenvalue weighted by atomic mass is 16.3. The second-order valence-electron chi connectivity index (χ2n) is 2.03. The largest absolute Gasteiger partial charge is 0.449 e. The van der Waals surface area contributed by atoms with Gasteiger partial charge in [0.1, 0.15) is 6.26 Å². The van der Waals surface area contributed by atoms with Crippen molar-refractivity contribution in [2.75, 3.05) is 0 Å². The highest BCUT2D eigenvalue weighted by Gasteiger charge is 2.00. The first-order valence-electron chi connectivity index (χ1n) is 3.70. The highest BCUT2D eigenvalue weighted by Crippen LogP contribution is 2.09. The quantitative estimate of drug-likeness (QED) is 0.601.